The second-order valence-electron chi connectivity index (χ2n) is 5.96. The molecule has 0 aliphatic heterocycles. The molecule has 0 saturated heterocycles. The van der Waals surface area contributed by atoms with Crippen molar-refractivity contribution in [3.8, 4) is 5.88 Å². The Hall–Kier alpha value is -1.17. The van der Waals surface area contributed by atoms with E-state index in [9.17, 15) is 0 Å². The monoisotopic (exact) mass is 296 g/mol. The molecule has 0 fully saturated rings. The fourth-order valence-corrected chi connectivity index (χ4v) is 1.72. The third-order valence-electron chi connectivity index (χ3n) is 2.98. The standard InChI is InChI=1S/C16H28N2O3/c1-16(2,3)14-10-13(12-17)11-15(18-14)21-7-5-6-20-9-8-19-4/h10-11H,5-9,12,17H2,1-4H3. The summed E-state index contributed by atoms with van der Waals surface area (Å²) < 4.78 is 16.0. The van der Waals surface area contributed by atoms with Gasteiger partial charge in [-0.15, -0.1) is 0 Å². The second-order valence-corrected chi connectivity index (χ2v) is 5.96. The molecule has 0 amide bonds. The predicted octanol–water partition coefficient (Wildman–Crippen LogP) is 2.27. The summed E-state index contributed by atoms with van der Waals surface area (Å²) >= 11 is 0. The summed E-state index contributed by atoms with van der Waals surface area (Å²) in [4.78, 5) is 4.56. The van der Waals surface area contributed by atoms with Gasteiger partial charge < -0.3 is 19.9 Å². The third-order valence-corrected chi connectivity index (χ3v) is 2.98. The topological polar surface area (TPSA) is 66.6 Å². The lowest BCUT2D eigenvalue weighted by molar-refractivity contribution is 0.0642. The quantitative estimate of drug-likeness (QED) is 0.708. The van der Waals surface area contributed by atoms with Crippen molar-refractivity contribution in [2.45, 2.75) is 39.2 Å². The summed E-state index contributed by atoms with van der Waals surface area (Å²) in [5.74, 6) is 0.639. The van der Waals surface area contributed by atoms with Crippen LogP contribution in [0, 0.1) is 0 Å². The van der Waals surface area contributed by atoms with E-state index in [1.54, 1.807) is 7.11 Å². The van der Waals surface area contributed by atoms with Crippen LogP contribution in [0.25, 0.3) is 0 Å². The number of rotatable bonds is 9. The summed E-state index contributed by atoms with van der Waals surface area (Å²) in [7, 11) is 1.66. The lowest BCUT2D eigenvalue weighted by Crippen LogP contribution is -2.16. The van der Waals surface area contributed by atoms with E-state index in [0.29, 0.717) is 38.9 Å². The lowest BCUT2D eigenvalue weighted by Gasteiger charge is -2.19. The minimum atomic E-state index is -0.0213. The van der Waals surface area contributed by atoms with E-state index in [0.717, 1.165) is 17.7 Å². The summed E-state index contributed by atoms with van der Waals surface area (Å²) in [5, 5.41) is 0. The maximum absolute atomic E-state index is 5.74. The van der Waals surface area contributed by atoms with Crippen LogP contribution in [0.3, 0.4) is 0 Å². The van der Waals surface area contributed by atoms with E-state index in [1.165, 1.54) is 0 Å². The van der Waals surface area contributed by atoms with Crippen molar-refractivity contribution in [1.82, 2.24) is 4.98 Å². The largest absolute Gasteiger partial charge is 0.478 e. The Morgan fingerprint density at radius 1 is 1.10 bits per heavy atom. The van der Waals surface area contributed by atoms with Crippen LogP contribution in [-0.2, 0) is 21.4 Å². The Balaban J connectivity index is 2.47. The number of hydrogen-bond donors (Lipinski definition) is 1. The smallest absolute Gasteiger partial charge is 0.213 e. The zero-order valence-electron chi connectivity index (χ0n) is 13.6. The predicted molar refractivity (Wildman–Crippen MR) is 83.6 cm³/mol. The minimum absolute atomic E-state index is 0.0213. The highest BCUT2D eigenvalue weighted by molar-refractivity contribution is 5.28. The van der Waals surface area contributed by atoms with Gasteiger partial charge in [0.2, 0.25) is 5.88 Å². The highest BCUT2D eigenvalue weighted by Crippen LogP contribution is 2.24. The third kappa shape index (κ3) is 6.89. The molecular formula is C16H28N2O3. The first-order valence-corrected chi connectivity index (χ1v) is 7.38. The van der Waals surface area contributed by atoms with Gasteiger partial charge in [0.25, 0.3) is 0 Å². The molecule has 1 aromatic rings. The van der Waals surface area contributed by atoms with E-state index < -0.39 is 0 Å². The van der Waals surface area contributed by atoms with Crippen molar-refractivity contribution in [2.24, 2.45) is 5.73 Å². The molecule has 1 aromatic heterocycles. The van der Waals surface area contributed by atoms with Crippen molar-refractivity contribution in [3.05, 3.63) is 23.4 Å². The van der Waals surface area contributed by atoms with E-state index in [-0.39, 0.29) is 5.41 Å². The zero-order valence-corrected chi connectivity index (χ0v) is 13.6. The molecular weight excluding hydrogens is 268 g/mol. The second kappa shape index (κ2) is 8.97. The Morgan fingerprint density at radius 2 is 1.86 bits per heavy atom. The molecule has 0 aliphatic carbocycles. The van der Waals surface area contributed by atoms with Crippen molar-refractivity contribution in [1.29, 1.82) is 0 Å². The number of aromatic nitrogens is 1. The Morgan fingerprint density at radius 3 is 2.48 bits per heavy atom. The van der Waals surface area contributed by atoms with Gasteiger partial charge in [0.15, 0.2) is 0 Å². The molecule has 1 rings (SSSR count). The molecule has 0 aromatic carbocycles. The average Bonchev–Trinajstić information content (AvgIpc) is 2.45. The Kier molecular flexibility index (Phi) is 7.64. The van der Waals surface area contributed by atoms with Gasteiger partial charge in [0.05, 0.1) is 25.5 Å². The maximum Gasteiger partial charge on any atom is 0.213 e. The number of nitrogens with two attached hydrogens (primary N) is 1. The van der Waals surface area contributed by atoms with Gasteiger partial charge in [0, 0.05) is 38.2 Å². The van der Waals surface area contributed by atoms with Crippen LogP contribution in [0.15, 0.2) is 12.1 Å². The van der Waals surface area contributed by atoms with Crippen LogP contribution in [0.5, 0.6) is 5.88 Å². The molecule has 0 unspecified atom stereocenters. The van der Waals surface area contributed by atoms with E-state index >= 15 is 0 Å². The average molecular weight is 296 g/mol. The van der Waals surface area contributed by atoms with Gasteiger partial charge in [-0.2, -0.15) is 0 Å². The number of pyridine rings is 1. The summed E-state index contributed by atoms with van der Waals surface area (Å²) in [6, 6.07) is 3.95. The van der Waals surface area contributed by atoms with Crippen LogP contribution in [0.1, 0.15) is 38.4 Å². The molecule has 0 atom stereocenters. The van der Waals surface area contributed by atoms with Crippen molar-refractivity contribution < 1.29 is 14.2 Å². The number of nitrogens with zero attached hydrogens (tertiary/aromatic N) is 1. The SMILES string of the molecule is COCCOCCCOc1cc(CN)cc(C(C)(C)C)n1. The molecule has 0 saturated carbocycles. The first-order chi connectivity index (χ1) is 9.97. The summed E-state index contributed by atoms with van der Waals surface area (Å²) in [6.07, 6.45) is 0.823. The van der Waals surface area contributed by atoms with Crippen molar-refractivity contribution in [2.75, 3.05) is 33.5 Å². The van der Waals surface area contributed by atoms with Gasteiger partial charge in [-0.05, 0) is 11.6 Å². The van der Waals surface area contributed by atoms with Crippen molar-refractivity contribution in [3.63, 3.8) is 0 Å². The molecule has 0 bridgehead atoms. The molecule has 2 N–H and O–H groups in total. The van der Waals surface area contributed by atoms with Crippen LogP contribution in [0.4, 0.5) is 0 Å². The Bertz CT molecular complexity index is 416. The van der Waals surface area contributed by atoms with Gasteiger partial charge in [-0.3, -0.25) is 0 Å². The highest BCUT2D eigenvalue weighted by Gasteiger charge is 2.17. The van der Waals surface area contributed by atoms with Crippen LogP contribution >= 0.6 is 0 Å². The fraction of sp³-hybridized carbons (Fsp3) is 0.688. The van der Waals surface area contributed by atoms with Crippen LogP contribution < -0.4 is 10.5 Å². The Labute approximate surface area is 127 Å². The van der Waals surface area contributed by atoms with Gasteiger partial charge in [0.1, 0.15) is 0 Å². The normalized spacial score (nSPS) is 11.7. The fourth-order valence-electron chi connectivity index (χ4n) is 1.72. The first kappa shape index (κ1) is 17.9. The van der Waals surface area contributed by atoms with Gasteiger partial charge in [-0.25, -0.2) is 4.98 Å². The molecule has 5 nitrogen and oxygen atoms in total. The molecule has 120 valence electrons. The molecule has 5 heteroatoms. The van der Waals surface area contributed by atoms with Crippen molar-refractivity contribution >= 4 is 0 Å². The number of ether oxygens (including phenoxy) is 3. The first-order valence-electron chi connectivity index (χ1n) is 7.38. The van der Waals surface area contributed by atoms with Crippen LogP contribution in [-0.4, -0.2) is 38.5 Å². The van der Waals surface area contributed by atoms with E-state index in [4.69, 9.17) is 19.9 Å². The summed E-state index contributed by atoms with van der Waals surface area (Å²) in [5.41, 5.74) is 7.76. The van der Waals surface area contributed by atoms with E-state index in [2.05, 4.69) is 25.8 Å². The van der Waals surface area contributed by atoms with E-state index in [1.807, 2.05) is 12.1 Å². The van der Waals surface area contributed by atoms with Gasteiger partial charge in [-0.1, -0.05) is 20.8 Å². The molecule has 21 heavy (non-hydrogen) atoms. The lowest BCUT2D eigenvalue weighted by atomic mass is 9.91. The zero-order chi connectivity index (χ0) is 15.7. The number of hydrogen-bond acceptors (Lipinski definition) is 5. The minimum Gasteiger partial charge on any atom is -0.478 e. The maximum atomic E-state index is 5.74. The highest BCUT2D eigenvalue weighted by atomic mass is 16.5. The molecule has 0 spiro atoms. The molecule has 0 radical (unpaired) electrons. The van der Waals surface area contributed by atoms with Crippen LogP contribution in [0.2, 0.25) is 0 Å². The summed E-state index contributed by atoms with van der Waals surface area (Å²) in [6.45, 7) is 9.35. The van der Waals surface area contributed by atoms with Gasteiger partial charge >= 0.3 is 0 Å². The molecule has 0 aliphatic rings. The molecule has 1 heterocycles. The number of methoxy groups -OCH3 is 1.